The summed E-state index contributed by atoms with van der Waals surface area (Å²) in [6.07, 6.45) is 1.14. The van der Waals surface area contributed by atoms with Gasteiger partial charge in [0.1, 0.15) is 11.5 Å². The highest BCUT2D eigenvalue weighted by atomic mass is 32.2. The Labute approximate surface area is 51.8 Å². The number of nitrogens with one attached hydrogen (secondary N) is 1. The fourth-order valence-corrected chi connectivity index (χ4v) is 2.62. The molecule has 3 heteroatoms. The molecule has 8 heavy (non-hydrogen) atoms. The fraction of sp³-hybridized carbons (Fsp3) is 1.00. The molecule has 0 aliphatic carbocycles. The first-order chi connectivity index (χ1) is 3.86. The van der Waals surface area contributed by atoms with E-state index in [2.05, 4.69) is 5.32 Å². The lowest BCUT2D eigenvalue weighted by molar-refractivity contribution is 0.585. The number of hydrogen-bond acceptors (Lipinski definition) is 2. The van der Waals surface area contributed by atoms with Gasteiger partial charge in [0.25, 0.3) is 0 Å². The third kappa shape index (κ3) is 0.747. The minimum absolute atomic E-state index is 0.491. The molecule has 3 atom stereocenters. The lowest BCUT2D eigenvalue weighted by Crippen LogP contribution is -2.23. The van der Waals surface area contributed by atoms with Crippen molar-refractivity contribution in [1.29, 1.82) is 0 Å². The van der Waals surface area contributed by atoms with Crippen LogP contribution in [0.25, 0.3) is 0 Å². The second-order valence-electron chi connectivity index (χ2n) is 2.48. The third-order valence-corrected chi connectivity index (χ3v) is 3.25. The van der Waals surface area contributed by atoms with Crippen LogP contribution in [0.3, 0.4) is 0 Å². The maximum Gasteiger partial charge on any atom is 0.122 e. The predicted molar refractivity (Wildman–Crippen MR) is 33.2 cm³/mol. The van der Waals surface area contributed by atoms with Gasteiger partial charge >= 0.3 is 0 Å². The van der Waals surface area contributed by atoms with E-state index in [0.29, 0.717) is 6.04 Å². The molecule has 2 heterocycles. The monoisotopic (exact) mass is 131 g/mol. The Morgan fingerprint density at radius 1 is 1.50 bits per heavy atom. The van der Waals surface area contributed by atoms with E-state index >= 15 is 0 Å². The van der Waals surface area contributed by atoms with Crippen LogP contribution < -0.4 is 5.32 Å². The Balaban J connectivity index is 1.93. The van der Waals surface area contributed by atoms with Crippen molar-refractivity contribution in [3.05, 3.63) is 0 Å². The van der Waals surface area contributed by atoms with E-state index in [9.17, 15) is 4.55 Å². The molecule has 2 nitrogen and oxygen atoms in total. The summed E-state index contributed by atoms with van der Waals surface area (Å²) in [5, 5.41) is 3.27. The average Bonchev–Trinajstić information content (AvgIpc) is 2.43. The van der Waals surface area contributed by atoms with Crippen molar-refractivity contribution >= 4 is 11.2 Å². The van der Waals surface area contributed by atoms with Gasteiger partial charge in [0.2, 0.25) is 0 Å². The van der Waals surface area contributed by atoms with Crippen LogP contribution in [-0.4, -0.2) is 28.1 Å². The molecule has 0 aromatic heterocycles. The maximum absolute atomic E-state index is 10.8. The Morgan fingerprint density at radius 3 is 3.00 bits per heavy atom. The zero-order chi connectivity index (χ0) is 5.56. The van der Waals surface area contributed by atoms with Crippen LogP contribution in [0, 0.1) is 0 Å². The average molecular weight is 131 g/mol. The standard InChI is InChI=1S/C5H9NOS/c7-8-2-1-4-5(3-8)6-4/h4-6H,1-3H2/t4?,5-,8?/m0/s1. The second-order valence-corrected chi connectivity index (χ2v) is 4.10. The van der Waals surface area contributed by atoms with Gasteiger partial charge in [0.05, 0.1) is 6.04 Å². The Hall–Kier alpha value is 0.270. The molecule has 0 spiro atoms. The van der Waals surface area contributed by atoms with Crippen LogP contribution in [0.15, 0.2) is 0 Å². The summed E-state index contributed by atoms with van der Waals surface area (Å²) in [6, 6.07) is 1.37. The van der Waals surface area contributed by atoms with E-state index in [1.807, 2.05) is 0 Å². The predicted octanol–water partition coefficient (Wildman–Crippen LogP) is -0.521. The highest BCUT2D eigenvalue weighted by Crippen LogP contribution is 2.23. The van der Waals surface area contributed by atoms with Crippen LogP contribution in [0.5, 0.6) is 0 Å². The molecule has 1 N–H and O–H groups in total. The first-order valence-corrected chi connectivity index (χ1v) is 4.46. The summed E-state index contributed by atoms with van der Waals surface area (Å²) in [4.78, 5) is 0. The summed E-state index contributed by atoms with van der Waals surface area (Å²) in [5.74, 6) is 1.83. The van der Waals surface area contributed by atoms with Crippen LogP contribution in [-0.2, 0) is 11.2 Å². The largest absolute Gasteiger partial charge is 0.616 e. The zero-order valence-electron chi connectivity index (χ0n) is 4.59. The molecule has 0 saturated carbocycles. The first kappa shape index (κ1) is 5.09. The molecule has 0 aromatic rings. The Morgan fingerprint density at radius 2 is 2.38 bits per heavy atom. The normalized spacial score (nSPS) is 52.9. The molecule has 0 radical (unpaired) electrons. The molecular weight excluding hydrogens is 122 g/mol. The van der Waals surface area contributed by atoms with E-state index in [0.717, 1.165) is 24.0 Å². The minimum Gasteiger partial charge on any atom is -0.616 e. The molecule has 2 aliphatic heterocycles. The number of rotatable bonds is 0. The fourth-order valence-electron chi connectivity index (χ4n) is 1.21. The summed E-state index contributed by atoms with van der Waals surface area (Å²) < 4.78 is 10.8. The molecule has 2 rings (SSSR count). The van der Waals surface area contributed by atoms with Gasteiger partial charge in [-0.3, -0.25) is 0 Å². The summed E-state index contributed by atoms with van der Waals surface area (Å²) in [5.41, 5.74) is 0. The minimum atomic E-state index is -0.491. The van der Waals surface area contributed by atoms with Crippen LogP contribution >= 0.6 is 0 Å². The molecule has 2 unspecified atom stereocenters. The molecule has 0 aromatic carbocycles. The van der Waals surface area contributed by atoms with E-state index in [1.165, 1.54) is 0 Å². The Kier molecular flexibility index (Phi) is 1.03. The van der Waals surface area contributed by atoms with Crippen molar-refractivity contribution in [1.82, 2.24) is 5.32 Å². The van der Waals surface area contributed by atoms with Gasteiger partial charge in [-0.25, -0.2) is 0 Å². The van der Waals surface area contributed by atoms with Crippen molar-refractivity contribution in [3.63, 3.8) is 0 Å². The molecule has 0 bridgehead atoms. The first-order valence-electron chi connectivity index (χ1n) is 2.97. The molecule has 2 aliphatic rings. The van der Waals surface area contributed by atoms with Crippen molar-refractivity contribution < 1.29 is 4.55 Å². The lowest BCUT2D eigenvalue weighted by Gasteiger charge is -2.12. The van der Waals surface area contributed by atoms with Gasteiger partial charge in [0.15, 0.2) is 0 Å². The summed E-state index contributed by atoms with van der Waals surface area (Å²) >= 11 is -0.491. The maximum atomic E-state index is 10.8. The number of fused-ring (bicyclic) bond motifs is 1. The van der Waals surface area contributed by atoms with Crippen LogP contribution in [0.1, 0.15) is 6.42 Å². The van der Waals surface area contributed by atoms with Crippen molar-refractivity contribution in [2.75, 3.05) is 11.5 Å². The molecule has 2 saturated heterocycles. The topological polar surface area (TPSA) is 45.0 Å². The molecular formula is C5H9NOS. The van der Waals surface area contributed by atoms with Gasteiger partial charge in [-0.2, -0.15) is 0 Å². The summed E-state index contributed by atoms with van der Waals surface area (Å²) in [6.45, 7) is 0. The number of hydrogen-bond donors (Lipinski definition) is 1. The van der Waals surface area contributed by atoms with E-state index in [-0.39, 0.29) is 0 Å². The highest BCUT2D eigenvalue weighted by molar-refractivity contribution is 7.91. The molecule has 2 fully saturated rings. The van der Waals surface area contributed by atoms with E-state index in [4.69, 9.17) is 0 Å². The van der Waals surface area contributed by atoms with E-state index < -0.39 is 11.2 Å². The second kappa shape index (κ2) is 1.62. The van der Waals surface area contributed by atoms with Gasteiger partial charge < -0.3 is 9.87 Å². The molecule has 46 valence electrons. The van der Waals surface area contributed by atoms with Crippen molar-refractivity contribution in [2.45, 2.75) is 18.5 Å². The van der Waals surface area contributed by atoms with E-state index in [1.54, 1.807) is 0 Å². The highest BCUT2D eigenvalue weighted by Gasteiger charge is 2.43. The lowest BCUT2D eigenvalue weighted by atomic mass is 10.3. The Bertz CT molecular complexity index is 109. The zero-order valence-corrected chi connectivity index (χ0v) is 5.41. The quantitative estimate of drug-likeness (QED) is 0.355. The van der Waals surface area contributed by atoms with Crippen LogP contribution in [0.4, 0.5) is 0 Å². The van der Waals surface area contributed by atoms with Crippen molar-refractivity contribution in [2.24, 2.45) is 0 Å². The SMILES string of the molecule is [O-][S+]1CCC2N[C@H]2C1. The van der Waals surface area contributed by atoms with Crippen LogP contribution in [0.2, 0.25) is 0 Å². The van der Waals surface area contributed by atoms with Crippen molar-refractivity contribution in [3.8, 4) is 0 Å². The van der Waals surface area contributed by atoms with Gasteiger partial charge in [-0.1, -0.05) is 11.2 Å². The van der Waals surface area contributed by atoms with Gasteiger partial charge in [0, 0.05) is 12.5 Å². The smallest absolute Gasteiger partial charge is 0.122 e. The third-order valence-electron chi connectivity index (χ3n) is 1.83. The summed E-state index contributed by atoms with van der Waals surface area (Å²) in [7, 11) is 0. The van der Waals surface area contributed by atoms with Gasteiger partial charge in [-0.05, 0) is 0 Å². The molecule has 0 amide bonds. The van der Waals surface area contributed by atoms with Gasteiger partial charge in [-0.15, -0.1) is 0 Å².